The molecule has 2 saturated heterocycles. The number of aryl methyl sites for hydroxylation is 1. The Balaban J connectivity index is 1.20. The SMILES string of the molecule is C=CC(=O)N1CCN(c2nc(OC[C@@H]3CCCN3C)nc3c2CCN(c2cccc4c2C2(CC4)CC2)C3)C[C@@H]1CC#N. The van der Waals surface area contributed by atoms with Crippen LogP contribution in [-0.2, 0) is 29.6 Å². The van der Waals surface area contributed by atoms with Gasteiger partial charge in [-0.05, 0) is 87.2 Å². The molecule has 3 aliphatic heterocycles. The van der Waals surface area contributed by atoms with E-state index in [1.165, 1.54) is 55.0 Å². The Morgan fingerprint density at radius 1 is 1.14 bits per heavy atom. The maximum Gasteiger partial charge on any atom is 0.318 e. The Bertz CT molecular complexity index is 1430. The second-order valence-electron chi connectivity index (χ2n) is 12.8. The number of nitriles is 1. The zero-order valence-corrected chi connectivity index (χ0v) is 24.7. The van der Waals surface area contributed by atoms with Crippen molar-refractivity contribution in [2.45, 2.75) is 75.4 Å². The summed E-state index contributed by atoms with van der Waals surface area (Å²) < 4.78 is 6.33. The first kappa shape index (κ1) is 27.2. The second-order valence-corrected chi connectivity index (χ2v) is 12.8. The van der Waals surface area contributed by atoms with E-state index in [0.717, 1.165) is 44.0 Å². The summed E-state index contributed by atoms with van der Waals surface area (Å²) in [5.41, 5.74) is 7.11. The first-order valence-electron chi connectivity index (χ1n) is 15.6. The van der Waals surface area contributed by atoms with Crippen molar-refractivity contribution in [1.82, 2.24) is 19.8 Å². The molecular formula is C33H41N7O2. The number of ether oxygens (including phenoxy) is 1. The van der Waals surface area contributed by atoms with Gasteiger partial charge in [-0.15, -0.1) is 0 Å². The van der Waals surface area contributed by atoms with Gasteiger partial charge in [-0.2, -0.15) is 15.2 Å². The highest BCUT2D eigenvalue weighted by Crippen LogP contribution is 2.59. The third-order valence-electron chi connectivity index (χ3n) is 10.4. The molecule has 0 bridgehead atoms. The summed E-state index contributed by atoms with van der Waals surface area (Å²) >= 11 is 0. The summed E-state index contributed by atoms with van der Waals surface area (Å²) in [4.78, 5) is 31.5. The van der Waals surface area contributed by atoms with Crippen molar-refractivity contribution in [1.29, 1.82) is 5.26 Å². The van der Waals surface area contributed by atoms with Gasteiger partial charge in [0.15, 0.2) is 0 Å². The number of carbonyl (C=O) groups excluding carboxylic acids is 1. The molecule has 2 aromatic rings. The molecule has 1 aromatic carbocycles. The molecule has 9 heteroatoms. The second kappa shape index (κ2) is 10.9. The van der Waals surface area contributed by atoms with Gasteiger partial charge in [0.2, 0.25) is 5.91 Å². The fraction of sp³-hybridized carbons (Fsp3) is 0.576. The standard InChI is InChI=1S/C33H41N7O2/c1-3-29(41)40-19-18-39(20-24(40)10-15-34)31-26-11-17-38(28-8-4-6-23-9-12-33(13-14-33)30(23)28)21-27(26)35-32(36-31)42-22-25-7-5-16-37(25)2/h3-4,6,8,24-25H,1,5,7,9-14,16-22H2,2H3/t24-,25-/m0/s1. The van der Waals surface area contributed by atoms with E-state index in [2.05, 4.69) is 52.6 Å². The van der Waals surface area contributed by atoms with Gasteiger partial charge in [-0.1, -0.05) is 18.7 Å². The van der Waals surface area contributed by atoms with E-state index in [-0.39, 0.29) is 18.4 Å². The first-order chi connectivity index (χ1) is 20.5. The van der Waals surface area contributed by atoms with E-state index in [9.17, 15) is 10.1 Å². The first-order valence-corrected chi connectivity index (χ1v) is 15.6. The van der Waals surface area contributed by atoms with E-state index in [1.54, 1.807) is 10.5 Å². The van der Waals surface area contributed by atoms with Crippen LogP contribution in [0, 0.1) is 11.3 Å². The molecule has 4 heterocycles. The van der Waals surface area contributed by atoms with Crippen molar-refractivity contribution < 1.29 is 9.53 Å². The number of amides is 1. The molecule has 1 spiro atoms. The van der Waals surface area contributed by atoms with Crippen LogP contribution in [0.2, 0.25) is 0 Å². The monoisotopic (exact) mass is 567 g/mol. The number of hydrogen-bond acceptors (Lipinski definition) is 8. The van der Waals surface area contributed by atoms with E-state index in [0.29, 0.717) is 43.7 Å². The summed E-state index contributed by atoms with van der Waals surface area (Å²) in [6, 6.07) is 9.74. The lowest BCUT2D eigenvalue weighted by Gasteiger charge is -2.42. The van der Waals surface area contributed by atoms with Crippen molar-refractivity contribution in [2.75, 3.05) is 56.2 Å². The van der Waals surface area contributed by atoms with Crippen molar-refractivity contribution in [2.24, 2.45) is 0 Å². The van der Waals surface area contributed by atoms with Crippen LogP contribution in [0.25, 0.3) is 0 Å². The predicted molar refractivity (Wildman–Crippen MR) is 162 cm³/mol. The number of fused-ring (bicyclic) bond motifs is 3. The Morgan fingerprint density at radius 2 is 2.02 bits per heavy atom. The largest absolute Gasteiger partial charge is 0.462 e. The summed E-state index contributed by atoms with van der Waals surface area (Å²) in [6.45, 7) is 8.72. The lowest BCUT2D eigenvalue weighted by Crippen LogP contribution is -2.55. The molecule has 1 aromatic heterocycles. The number of hydrogen-bond donors (Lipinski definition) is 0. The number of nitrogens with zero attached hydrogens (tertiary/aromatic N) is 7. The quantitative estimate of drug-likeness (QED) is 0.469. The van der Waals surface area contributed by atoms with Crippen LogP contribution >= 0.6 is 0 Å². The lowest BCUT2D eigenvalue weighted by molar-refractivity contribution is -0.128. The van der Waals surface area contributed by atoms with E-state index >= 15 is 0 Å². The maximum absolute atomic E-state index is 12.5. The molecule has 5 aliphatic rings. The van der Waals surface area contributed by atoms with Crippen molar-refractivity contribution in [3.63, 3.8) is 0 Å². The highest BCUT2D eigenvalue weighted by molar-refractivity contribution is 5.87. The van der Waals surface area contributed by atoms with Crippen molar-refractivity contribution in [3.05, 3.63) is 53.2 Å². The summed E-state index contributed by atoms with van der Waals surface area (Å²) in [6.07, 6.45) is 9.88. The van der Waals surface area contributed by atoms with Gasteiger partial charge in [0.05, 0.1) is 30.8 Å². The number of likely N-dealkylation sites (N-methyl/N-ethyl adjacent to an activating group) is 1. The molecule has 0 N–H and O–H groups in total. The molecule has 2 atom stereocenters. The summed E-state index contributed by atoms with van der Waals surface area (Å²) in [5.74, 6) is 0.781. The minimum absolute atomic E-state index is 0.121. The molecule has 220 valence electrons. The van der Waals surface area contributed by atoms with Crippen LogP contribution in [0.4, 0.5) is 11.5 Å². The minimum atomic E-state index is -0.210. The van der Waals surface area contributed by atoms with Crippen LogP contribution in [0.1, 0.15) is 60.9 Å². The van der Waals surface area contributed by atoms with E-state index < -0.39 is 0 Å². The molecule has 1 amide bonds. The molecule has 9 nitrogen and oxygen atoms in total. The third kappa shape index (κ3) is 4.80. The average Bonchev–Trinajstić information content (AvgIpc) is 3.54. The zero-order valence-electron chi connectivity index (χ0n) is 24.7. The van der Waals surface area contributed by atoms with E-state index in [1.807, 2.05) is 0 Å². The van der Waals surface area contributed by atoms with Crippen molar-refractivity contribution >= 4 is 17.4 Å². The predicted octanol–water partition coefficient (Wildman–Crippen LogP) is 3.61. The van der Waals surface area contributed by atoms with Crippen LogP contribution in [0.5, 0.6) is 6.01 Å². The highest BCUT2D eigenvalue weighted by atomic mass is 16.5. The third-order valence-corrected chi connectivity index (χ3v) is 10.4. The average molecular weight is 568 g/mol. The Labute approximate surface area is 248 Å². The summed E-state index contributed by atoms with van der Waals surface area (Å²) in [7, 11) is 2.16. The van der Waals surface area contributed by atoms with Gasteiger partial charge in [0.1, 0.15) is 12.4 Å². The zero-order chi connectivity index (χ0) is 28.8. The topological polar surface area (TPSA) is 88.8 Å². The van der Waals surface area contributed by atoms with Crippen LogP contribution < -0.4 is 14.5 Å². The number of likely N-dealkylation sites (tertiary alicyclic amines) is 1. The molecule has 0 radical (unpaired) electrons. The molecule has 0 unspecified atom stereocenters. The van der Waals surface area contributed by atoms with Gasteiger partial charge < -0.3 is 24.3 Å². The van der Waals surface area contributed by atoms with Crippen LogP contribution in [0.15, 0.2) is 30.9 Å². The molecule has 3 fully saturated rings. The van der Waals surface area contributed by atoms with Crippen molar-refractivity contribution in [3.8, 4) is 12.1 Å². The van der Waals surface area contributed by atoms with Gasteiger partial charge in [0, 0.05) is 43.5 Å². The Kier molecular flexibility index (Phi) is 7.05. The van der Waals surface area contributed by atoms with Gasteiger partial charge in [-0.3, -0.25) is 4.79 Å². The van der Waals surface area contributed by atoms with Crippen LogP contribution in [0.3, 0.4) is 0 Å². The Hall–Kier alpha value is -3.64. The van der Waals surface area contributed by atoms with Gasteiger partial charge in [-0.25, -0.2) is 0 Å². The molecular weight excluding hydrogens is 526 g/mol. The fourth-order valence-electron chi connectivity index (χ4n) is 7.84. The number of rotatable bonds is 7. The lowest BCUT2D eigenvalue weighted by atomic mass is 9.94. The smallest absolute Gasteiger partial charge is 0.318 e. The number of carbonyl (C=O) groups is 1. The number of piperazine rings is 1. The minimum Gasteiger partial charge on any atom is -0.462 e. The number of aromatic nitrogens is 2. The fourth-order valence-corrected chi connectivity index (χ4v) is 7.84. The van der Waals surface area contributed by atoms with E-state index in [4.69, 9.17) is 14.7 Å². The molecule has 42 heavy (non-hydrogen) atoms. The van der Waals surface area contributed by atoms with Gasteiger partial charge in [0.25, 0.3) is 0 Å². The van der Waals surface area contributed by atoms with Crippen LogP contribution in [-0.4, -0.2) is 84.1 Å². The number of anilines is 2. The highest BCUT2D eigenvalue weighted by Gasteiger charge is 2.50. The summed E-state index contributed by atoms with van der Waals surface area (Å²) in [5, 5.41) is 9.54. The molecule has 7 rings (SSSR count). The molecule has 2 aliphatic carbocycles. The number of benzene rings is 1. The normalized spacial score (nSPS) is 24.3. The Morgan fingerprint density at radius 3 is 2.79 bits per heavy atom. The maximum atomic E-state index is 12.5. The molecule has 1 saturated carbocycles. The van der Waals surface area contributed by atoms with Gasteiger partial charge >= 0.3 is 6.01 Å².